The lowest BCUT2D eigenvalue weighted by atomic mass is 10.2. The second-order valence-corrected chi connectivity index (χ2v) is 9.92. The van der Waals surface area contributed by atoms with Crippen LogP contribution in [0.1, 0.15) is 31.7 Å². The maximum Gasteiger partial charge on any atom is 0.243 e. The first-order valence-electron chi connectivity index (χ1n) is 10.7. The first-order valence-corrected chi connectivity index (χ1v) is 12.1. The molecule has 0 aliphatic carbocycles. The van der Waals surface area contributed by atoms with Crippen LogP contribution in [0.5, 0.6) is 0 Å². The molecule has 162 valence electrons. The Morgan fingerprint density at radius 1 is 1.17 bits per heavy atom. The molecule has 7 nitrogen and oxygen atoms in total. The zero-order valence-corrected chi connectivity index (χ0v) is 18.5. The minimum absolute atomic E-state index is 0.0365. The molecule has 2 heterocycles. The predicted molar refractivity (Wildman–Crippen MR) is 114 cm³/mol. The number of nitrogens with zero attached hydrogens (tertiary/aromatic N) is 3. The molecule has 0 bridgehead atoms. The number of carbonyl (C=O) groups excluding carboxylic acids is 1. The standard InChI is InChI=1S/C21H34N4O3S/c1-3-23-13-4-5-19(23)17-25(14-10-21(26)24-15-11-22-12-16-24)29(27,28)20-8-6-18(2)7-9-20/h6-9,19,22H,3-5,10-17H2,1-2H3/t19-/m0/s1. The van der Waals surface area contributed by atoms with Crippen LogP contribution in [0.3, 0.4) is 0 Å². The molecule has 2 fully saturated rings. The first kappa shape index (κ1) is 22.2. The Balaban J connectivity index is 1.75. The number of likely N-dealkylation sites (N-methyl/N-ethyl adjacent to an activating group) is 1. The molecule has 1 N–H and O–H groups in total. The van der Waals surface area contributed by atoms with Crippen molar-refractivity contribution >= 4 is 15.9 Å². The average molecular weight is 423 g/mol. The molecule has 2 aliphatic rings. The zero-order chi connectivity index (χ0) is 20.9. The lowest BCUT2D eigenvalue weighted by molar-refractivity contribution is -0.131. The van der Waals surface area contributed by atoms with Gasteiger partial charge >= 0.3 is 0 Å². The lowest BCUT2D eigenvalue weighted by Crippen LogP contribution is -2.48. The summed E-state index contributed by atoms with van der Waals surface area (Å²) in [5, 5.41) is 3.24. The number of hydrogen-bond acceptors (Lipinski definition) is 5. The third-order valence-corrected chi connectivity index (χ3v) is 7.90. The Kier molecular flexibility index (Phi) is 7.67. The number of hydrogen-bond donors (Lipinski definition) is 1. The van der Waals surface area contributed by atoms with Crippen molar-refractivity contribution in [3.63, 3.8) is 0 Å². The summed E-state index contributed by atoms with van der Waals surface area (Å²) in [6.07, 6.45) is 2.32. The molecule has 3 rings (SSSR count). The van der Waals surface area contributed by atoms with Crippen molar-refractivity contribution in [3.05, 3.63) is 29.8 Å². The van der Waals surface area contributed by atoms with Gasteiger partial charge in [0.2, 0.25) is 15.9 Å². The quantitative estimate of drug-likeness (QED) is 0.684. The van der Waals surface area contributed by atoms with Gasteiger partial charge in [-0.1, -0.05) is 24.6 Å². The molecule has 0 aromatic heterocycles. The lowest BCUT2D eigenvalue weighted by Gasteiger charge is -2.31. The highest BCUT2D eigenvalue weighted by molar-refractivity contribution is 7.89. The van der Waals surface area contributed by atoms with E-state index in [4.69, 9.17) is 0 Å². The van der Waals surface area contributed by atoms with E-state index in [1.165, 1.54) is 4.31 Å². The normalized spacial score (nSPS) is 21.1. The van der Waals surface area contributed by atoms with Crippen LogP contribution in [0.4, 0.5) is 0 Å². The van der Waals surface area contributed by atoms with E-state index in [0.717, 1.165) is 44.6 Å². The van der Waals surface area contributed by atoms with Gasteiger partial charge in [-0.15, -0.1) is 0 Å². The molecular weight excluding hydrogens is 388 g/mol. The summed E-state index contributed by atoms with van der Waals surface area (Å²) in [6.45, 7) is 9.64. The smallest absolute Gasteiger partial charge is 0.243 e. The topological polar surface area (TPSA) is 73.0 Å². The molecule has 1 aromatic carbocycles. The highest BCUT2D eigenvalue weighted by Crippen LogP contribution is 2.23. The van der Waals surface area contributed by atoms with E-state index >= 15 is 0 Å². The maximum atomic E-state index is 13.4. The van der Waals surface area contributed by atoms with Gasteiger partial charge in [0.05, 0.1) is 4.90 Å². The highest BCUT2D eigenvalue weighted by atomic mass is 32.2. The third-order valence-electron chi connectivity index (χ3n) is 6.02. The van der Waals surface area contributed by atoms with Crippen molar-refractivity contribution in [2.45, 2.75) is 44.0 Å². The van der Waals surface area contributed by atoms with Crippen LogP contribution >= 0.6 is 0 Å². The van der Waals surface area contributed by atoms with Gasteiger partial charge in [0.1, 0.15) is 0 Å². The van der Waals surface area contributed by atoms with E-state index in [1.54, 1.807) is 12.1 Å². The SMILES string of the molecule is CCN1CCC[C@H]1CN(CCC(=O)N1CCNCC1)S(=O)(=O)c1ccc(C)cc1. The molecule has 1 amide bonds. The van der Waals surface area contributed by atoms with Crippen molar-refractivity contribution in [1.29, 1.82) is 0 Å². The van der Waals surface area contributed by atoms with Crippen molar-refractivity contribution in [2.75, 3.05) is 52.4 Å². The summed E-state index contributed by atoms with van der Waals surface area (Å²) in [7, 11) is -3.64. The second-order valence-electron chi connectivity index (χ2n) is 7.98. The summed E-state index contributed by atoms with van der Waals surface area (Å²) >= 11 is 0. The molecule has 1 atom stereocenters. The largest absolute Gasteiger partial charge is 0.340 e. The van der Waals surface area contributed by atoms with Crippen LogP contribution in [0.15, 0.2) is 29.2 Å². The van der Waals surface area contributed by atoms with E-state index in [-0.39, 0.29) is 24.9 Å². The van der Waals surface area contributed by atoms with Crippen LogP contribution < -0.4 is 5.32 Å². The van der Waals surface area contributed by atoms with Crippen LogP contribution in [0.25, 0.3) is 0 Å². The third kappa shape index (κ3) is 5.57. The summed E-state index contributed by atoms with van der Waals surface area (Å²) < 4.78 is 28.3. The number of amides is 1. The Hall–Kier alpha value is -1.48. The summed E-state index contributed by atoms with van der Waals surface area (Å²) in [4.78, 5) is 17.1. The Labute approximate surface area is 175 Å². The minimum atomic E-state index is -3.64. The van der Waals surface area contributed by atoms with Crippen LogP contribution in [-0.4, -0.2) is 86.8 Å². The van der Waals surface area contributed by atoms with Crippen LogP contribution in [0, 0.1) is 6.92 Å². The molecule has 8 heteroatoms. The number of sulfonamides is 1. The summed E-state index contributed by atoms with van der Waals surface area (Å²) in [5.74, 6) is 0.0365. The number of likely N-dealkylation sites (tertiary alicyclic amines) is 1. The average Bonchev–Trinajstić information content (AvgIpc) is 3.19. The second kappa shape index (κ2) is 10.0. The molecule has 0 spiro atoms. The number of aryl methyl sites for hydroxylation is 1. The minimum Gasteiger partial charge on any atom is -0.340 e. The fraction of sp³-hybridized carbons (Fsp3) is 0.667. The first-order chi connectivity index (χ1) is 13.9. The van der Waals surface area contributed by atoms with E-state index in [2.05, 4.69) is 17.1 Å². The van der Waals surface area contributed by atoms with Gasteiger partial charge < -0.3 is 10.2 Å². The van der Waals surface area contributed by atoms with E-state index in [0.29, 0.717) is 24.5 Å². The molecule has 2 saturated heterocycles. The van der Waals surface area contributed by atoms with Crippen molar-refractivity contribution < 1.29 is 13.2 Å². The van der Waals surface area contributed by atoms with Gasteiger partial charge in [0, 0.05) is 51.7 Å². The zero-order valence-electron chi connectivity index (χ0n) is 17.6. The molecule has 29 heavy (non-hydrogen) atoms. The number of nitrogens with one attached hydrogen (secondary N) is 1. The van der Waals surface area contributed by atoms with Crippen LogP contribution in [-0.2, 0) is 14.8 Å². The van der Waals surface area contributed by atoms with Gasteiger partial charge in [-0.3, -0.25) is 9.69 Å². The van der Waals surface area contributed by atoms with Crippen molar-refractivity contribution in [2.24, 2.45) is 0 Å². The van der Waals surface area contributed by atoms with Crippen molar-refractivity contribution in [3.8, 4) is 0 Å². The monoisotopic (exact) mass is 422 g/mol. The highest BCUT2D eigenvalue weighted by Gasteiger charge is 2.32. The summed E-state index contributed by atoms with van der Waals surface area (Å²) in [5.41, 5.74) is 1.03. The molecule has 0 saturated carbocycles. The molecule has 2 aliphatic heterocycles. The predicted octanol–water partition coefficient (Wildman–Crippen LogP) is 1.29. The number of rotatable bonds is 8. The van der Waals surface area contributed by atoms with E-state index < -0.39 is 10.0 Å². The van der Waals surface area contributed by atoms with Crippen molar-refractivity contribution in [1.82, 2.24) is 19.4 Å². The molecular formula is C21H34N4O3S. The Morgan fingerprint density at radius 2 is 1.86 bits per heavy atom. The van der Waals surface area contributed by atoms with E-state index in [9.17, 15) is 13.2 Å². The number of piperazine rings is 1. The van der Waals surface area contributed by atoms with Gasteiger partial charge in [0.25, 0.3) is 0 Å². The van der Waals surface area contributed by atoms with E-state index in [1.807, 2.05) is 24.0 Å². The van der Waals surface area contributed by atoms with Gasteiger partial charge in [-0.25, -0.2) is 8.42 Å². The fourth-order valence-corrected chi connectivity index (χ4v) is 5.69. The maximum absolute atomic E-state index is 13.4. The number of benzene rings is 1. The number of carbonyl (C=O) groups is 1. The molecule has 1 aromatic rings. The van der Waals surface area contributed by atoms with Gasteiger partial charge in [-0.2, -0.15) is 4.31 Å². The van der Waals surface area contributed by atoms with Gasteiger partial charge in [-0.05, 0) is 45.0 Å². The molecule has 0 radical (unpaired) electrons. The Morgan fingerprint density at radius 3 is 2.52 bits per heavy atom. The van der Waals surface area contributed by atoms with Gasteiger partial charge in [0.15, 0.2) is 0 Å². The fourth-order valence-electron chi connectivity index (χ4n) is 4.21. The Bertz CT molecular complexity index is 776. The summed E-state index contributed by atoms with van der Waals surface area (Å²) in [6, 6.07) is 7.20. The molecule has 0 unspecified atom stereocenters. The van der Waals surface area contributed by atoms with Crippen LogP contribution in [0.2, 0.25) is 0 Å².